The van der Waals surface area contributed by atoms with Crippen LogP contribution in [0.4, 0.5) is 5.13 Å². The van der Waals surface area contributed by atoms with Gasteiger partial charge in [0, 0.05) is 6.42 Å². The van der Waals surface area contributed by atoms with Gasteiger partial charge in [-0.1, -0.05) is 40.7 Å². The predicted molar refractivity (Wildman–Crippen MR) is 94.4 cm³/mol. The smallest absolute Gasteiger partial charge is 0.235 e. The minimum atomic E-state index is -0.982. The summed E-state index contributed by atoms with van der Waals surface area (Å²) in [7, 11) is 0. The van der Waals surface area contributed by atoms with E-state index >= 15 is 0 Å². The average Bonchev–Trinajstić information content (AvgIpc) is 2.76. The Morgan fingerprint density at radius 1 is 1.26 bits per heavy atom. The van der Waals surface area contributed by atoms with Crippen LogP contribution in [0.1, 0.15) is 35.0 Å². The number of hydrogen-bond acceptors (Lipinski definition) is 4. The molecule has 0 aliphatic heterocycles. The third-order valence-electron chi connectivity index (χ3n) is 4.08. The van der Waals surface area contributed by atoms with Crippen molar-refractivity contribution in [3.05, 3.63) is 39.9 Å². The molecule has 0 bridgehead atoms. The number of carbonyl (C=O) groups excluding carboxylic acids is 1. The highest BCUT2D eigenvalue weighted by molar-refractivity contribution is 7.15. The minimum absolute atomic E-state index is 0.211. The van der Waals surface area contributed by atoms with Crippen LogP contribution in [0.25, 0.3) is 0 Å². The minimum Gasteiger partial charge on any atom is -0.300 e. The summed E-state index contributed by atoms with van der Waals surface area (Å²) in [5, 5.41) is 12.3. The van der Waals surface area contributed by atoms with E-state index in [1.54, 1.807) is 6.92 Å². The van der Waals surface area contributed by atoms with Crippen molar-refractivity contribution in [2.24, 2.45) is 5.41 Å². The van der Waals surface area contributed by atoms with E-state index in [-0.39, 0.29) is 5.91 Å². The Labute approximate surface area is 149 Å². The summed E-state index contributed by atoms with van der Waals surface area (Å²) in [5.74, 6) is -0.211. The number of halogens is 2. The first-order valence-corrected chi connectivity index (χ1v) is 8.86. The van der Waals surface area contributed by atoms with E-state index in [2.05, 4.69) is 47.6 Å². The lowest BCUT2D eigenvalue weighted by molar-refractivity contribution is -0.120. The van der Waals surface area contributed by atoms with E-state index in [1.807, 2.05) is 0 Å². The number of aromatic nitrogens is 2. The van der Waals surface area contributed by atoms with E-state index in [1.165, 1.54) is 28.0 Å². The lowest BCUT2D eigenvalue weighted by Crippen LogP contribution is -2.25. The molecule has 1 saturated carbocycles. The van der Waals surface area contributed by atoms with E-state index in [0.717, 1.165) is 5.01 Å². The predicted octanol–water partition coefficient (Wildman–Crippen LogP) is 4.27. The van der Waals surface area contributed by atoms with E-state index in [9.17, 15) is 4.79 Å². The zero-order chi connectivity index (χ0) is 16.8. The zero-order valence-corrected chi connectivity index (χ0v) is 15.4. The summed E-state index contributed by atoms with van der Waals surface area (Å²) < 4.78 is -0.982. The van der Waals surface area contributed by atoms with Crippen LogP contribution in [0.5, 0.6) is 0 Å². The maximum absolute atomic E-state index is 12.2. The fourth-order valence-electron chi connectivity index (χ4n) is 2.60. The van der Waals surface area contributed by atoms with Crippen LogP contribution in [0.2, 0.25) is 0 Å². The molecule has 1 amide bonds. The van der Waals surface area contributed by atoms with Crippen molar-refractivity contribution in [2.45, 2.75) is 37.9 Å². The number of carbonyl (C=O) groups is 1. The summed E-state index contributed by atoms with van der Waals surface area (Å²) in [5.41, 5.74) is 2.88. The molecule has 1 heterocycles. The maximum atomic E-state index is 12.2. The fourth-order valence-corrected chi connectivity index (χ4v) is 4.08. The Bertz CT molecular complexity index is 754. The fraction of sp³-hybridized carbons (Fsp3) is 0.438. The monoisotopic (exact) mass is 369 g/mol. The van der Waals surface area contributed by atoms with Gasteiger partial charge >= 0.3 is 0 Å². The standard InChI is InChI=1S/C16H17Cl2N3OS/c1-9-4-10(2)6-11(5-9)7-12-20-21-14(23-12)19-13(22)15(3)8-16(15,17)18/h4-6H,7-8H2,1-3H3,(H,19,21,22). The second-order valence-corrected chi connectivity index (χ2v) is 8.89. The Kier molecular flexibility index (Phi) is 4.15. The molecule has 4 nitrogen and oxygen atoms in total. The summed E-state index contributed by atoms with van der Waals surface area (Å²) in [6, 6.07) is 6.40. The number of nitrogens with one attached hydrogen (secondary N) is 1. The maximum Gasteiger partial charge on any atom is 0.235 e. The first-order valence-electron chi connectivity index (χ1n) is 7.28. The van der Waals surface area contributed by atoms with Crippen molar-refractivity contribution in [2.75, 3.05) is 5.32 Å². The number of alkyl halides is 2. The second-order valence-electron chi connectivity index (χ2n) is 6.34. The van der Waals surface area contributed by atoms with E-state index in [0.29, 0.717) is 18.0 Å². The third kappa shape index (κ3) is 3.37. The Morgan fingerprint density at radius 2 is 1.87 bits per heavy atom. The Morgan fingerprint density at radius 3 is 2.43 bits per heavy atom. The van der Waals surface area contributed by atoms with Gasteiger partial charge in [-0.2, -0.15) is 0 Å². The number of benzene rings is 1. The van der Waals surface area contributed by atoms with Crippen LogP contribution >= 0.6 is 34.5 Å². The van der Waals surface area contributed by atoms with Gasteiger partial charge < -0.3 is 0 Å². The molecular weight excluding hydrogens is 353 g/mol. The Hall–Kier alpha value is -1.17. The van der Waals surface area contributed by atoms with Crippen LogP contribution in [-0.4, -0.2) is 20.4 Å². The molecule has 1 aromatic carbocycles. The number of rotatable bonds is 4. The van der Waals surface area contributed by atoms with Crippen LogP contribution in [0, 0.1) is 19.3 Å². The van der Waals surface area contributed by atoms with Gasteiger partial charge in [-0.25, -0.2) is 0 Å². The lowest BCUT2D eigenvalue weighted by Gasteiger charge is -2.09. The van der Waals surface area contributed by atoms with Crippen LogP contribution in [-0.2, 0) is 11.2 Å². The van der Waals surface area contributed by atoms with Crippen molar-refractivity contribution in [1.82, 2.24) is 10.2 Å². The van der Waals surface area contributed by atoms with Gasteiger partial charge in [0.1, 0.15) is 9.34 Å². The molecule has 122 valence electrons. The molecule has 0 radical (unpaired) electrons. The number of anilines is 1. The second kappa shape index (κ2) is 5.72. The first-order chi connectivity index (χ1) is 10.7. The van der Waals surface area contributed by atoms with Gasteiger partial charge in [0.05, 0.1) is 5.41 Å². The molecular formula is C16H17Cl2N3OS. The Balaban J connectivity index is 1.68. The molecule has 1 aromatic heterocycles. The highest BCUT2D eigenvalue weighted by Gasteiger charge is 2.68. The van der Waals surface area contributed by atoms with Crippen LogP contribution < -0.4 is 5.32 Å². The van der Waals surface area contributed by atoms with Crippen molar-refractivity contribution in [1.29, 1.82) is 0 Å². The lowest BCUT2D eigenvalue weighted by atomic mass is 10.1. The highest BCUT2D eigenvalue weighted by Crippen LogP contribution is 2.64. The highest BCUT2D eigenvalue weighted by atomic mass is 35.5. The van der Waals surface area contributed by atoms with E-state index < -0.39 is 9.75 Å². The molecule has 1 aliphatic rings. The van der Waals surface area contributed by atoms with Gasteiger partial charge in [-0.05, 0) is 32.8 Å². The molecule has 1 N–H and O–H groups in total. The van der Waals surface area contributed by atoms with Gasteiger partial charge in [0.2, 0.25) is 11.0 Å². The van der Waals surface area contributed by atoms with Crippen molar-refractivity contribution in [3.63, 3.8) is 0 Å². The molecule has 1 aliphatic carbocycles. The first kappa shape index (κ1) is 16.7. The summed E-state index contributed by atoms with van der Waals surface area (Å²) in [6.45, 7) is 5.89. The summed E-state index contributed by atoms with van der Waals surface area (Å²) in [6.07, 6.45) is 1.14. The van der Waals surface area contributed by atoms with Crippen LogP contribution in [0.15, 0.2) is 18.2 Å². The molecule has 0 spiro atoms. The molecule has 1 unspecified atom stereocenters. The quantitative estimate of drug-likeness (QED) is 0.818. The number of hydrogen-bond donors (Lipinski definition) is 1. The molecule has 3 rings (SSSR count). The van der Waals surface area contributed by atoms with Gasteiger partial charge in [-0.3, -0.25) is 10.1 Å². The third-order valence-corrected chi connectivity index (χ3v) is 6.02. The topological polar surface area (TPSA) is 54.9 Å². The van der Waals surface area contributed by atoms with Crippen molar-refractivity contribution in [3.8, 4) is 0 Å². The molecule has 7 heteroatoms. The molecule has 23 heavy (non-hydrogen) atoms. The van der Waals surface area contributed by atoms with Crippen molar-refractivity contribution >= 4 is 45.6 Å². The van der Waals surface area contributed by atoms with Crippen LogP contribution in [0.3, 0.4) is 0 Å². The van der Waals surface area contributed by atoms with Gasteiger partial charge in [0.15, 0.2) is 0 Å². The molecule has 0 saturated heterocycles. The summed E-state index contributed by atoms with van der Waals surface area (Å²) >= 11 is 13.4. The molecule has 1 fully saturated rings. The normalized spacial score (nSPS) is 22.0. The number of aryl methyl sites for hydroxylation is 2. The summed E-state index contributed by atoms with van der Waals surface area (Å²) in [4.78, 5) is 12.2. The SMILES string of the molecule is Cc1cc(C)cc(Cc2nnc(NC(=O)C3(C)CC3(Cl)Cl)s2)c1. The number of amides is 1. The average molecular weight is 370 g/mol. The van der Waals surface area contributed by atoms with Crippen molar-refractivity contribution < 1.29 is 4.79 Å². The number of nitrogens with zero attached hydrogens (tertiary/aromatic N) is 2. The van der Waals surface area contributed by atoms with Gasteiger partial charge in [-0.15, -0.1) is 33.4 Å². The largest absolute Gasteiger partial charge is 0.300 e. The van der Waals surface area contributed by atoms with Gasteiger partial charge in [0.25, 0.3) is 0 Å². The van der Waals surface area contributed by atoms with E-state index in [4.69, 9.17) is 23.2 Å². The molecule has 2 aromatic rings. The zero-order valence-electron chi connectivity index (χ0n) is 13.1. The molecule has 1 atom stereocenters.